The second-order valence-corrected chi connectivity index (χ2v) is 5.61. The first kappa shape index (κ1) is 13.6. The monoisotopic (exact) mass is 312 g/mol. The Kier molecular flexibility index (Phi) is 4.80. The van der Waals surface area contributed by atoms with Crippen LogP contribution >= 0.6 is 15.9 Å². The van der Waals surface area contributed by atoms with Gasteiger partial charge in [-0.05, 0) is 35.2 Å². The molecule has 18 heavy (non-hydrogen) atoms. The molecule has 1 saturated heterocycles. The lowest BCUT2D eigenvalue weighted by atomic mass is 10.2. The smallest absolute Gasteiger partial charge is 0.227 e. The van der Waals surface area contributed by atoms with Crippen LogP contribution in [0.25, 0.3) is 0 Å². The van der Waals surface area contributed by atoms with Crippen molar-refractivity contribution < 1.29 is 0 Å². The minimum Gasteiger partial charge on any atom is -0.383 e. The van der Waals surface area contributed by atoms with Gasteiger partial charge in [0.1, 0.15) is 5.82 Å². The normalized spacial score (nSPS) is 16.7. The molecule has 0 bridgehead atoms. The van der Waals surface area contributed by atoms with Crippen molar-refractivity contribution in [1.29, 1.82) is 0 Å². The van der Waals surface area contributed by atoms with Gasteiger partial charge in [-0.25, -0.2) is 4.98 Å². The van der Waals surface area contributed by atoms with Gasteiger partial charge < -0.3 is 10.6 Å². The summed E-state index contributed by atoms with van der Waals surface area (Å²) in [5, 5.41) is 0. The molecule has 0 saturated carbocycles. The average Bonchev–Trinajstić information content (AvgIpc) is 2.63. The molecule has 0 aliphatic carbocycles. The zero-order chi connectivity index (χ0) is 13.0. The zero-order valence-electron chi connectivity index (χ0n) is 11.0. The minimum atomic E-state index is 0.563. The van der Waals surface area contributed by atoms with E-state index in [9.17, 15) is 0 Å². The van der Waals surface area contributed by atoms with Crippen molar-refractivity contribution in [1.82, 2.24) is 9.97 Å². The van der Waals surface area contributed by atoms with Gasteiger partial charge >= 0.3 is 0 Å². The number of anilines is 2. The molecule has 5 heteroatoms. The predicted octanol–water partition coefficient (Wildman–Crippen LogP) is 3.15. The van der Waals surface area contributed by atoms with E-state index < -0.39 is 0 Å². The molecule has 4 nitrogen and oxygen atoms in total. The second-order valence-electron chi connectivity index (χ2n) is 4.82. The van der Waals surface area contributed by atoms with Crippen LogP contribution in [0.15, 0.2) is 4.47 Å². The summed E-state index contributed by atoms with van der Waals surface area (Å²) in [7, 11) is 0. The lowest BCUT2D eigenvalue weighted by Crippen LogP contribution is -2.26. The molecule has 1 fully saturated rings. The number of halogens is 1. The van der Waals surface area contributed by atoms with E-state index in [2.05, 4.69) is 37.7 Å². The van der Waals surface area contributed by atoms with Crippen molar-refractivity contribution in [2.75, 3.05) is 23.7 Å². The largest absolute Gasteiger partial charge is 0.383 e. The van der Waals surface area contributed by atoms with Crippen LogP contribution in [0.3, 0.4) is 0 Å². The minimum absolute atomic E-state index is 0.563. The summed E-state index contributed by atoms with van der Waals surface area (Å²) >= 11 is 3.49. The number of nitrogens with two attached hydrogens (primary N) is 1. The third-order valence-corrected chi connectivity index (χ3v) is 4.17. The summed E-state index contributed by atoms with van der Waals surface area (Å²) in [6.45, 7) is 4.25. The van der Waals surface area contributed by atoms with Crippen molar-refractivity contribution in [2.24, 2.45) is 0 Å². The van der Waals surface area contributed by atoms with Crippen LogP contribution in [-0.4, -0.2) is 23.1 Å². The van der Waals surface area contributed by atoms with Crippen LogP contribution in [0, 0.1) is 0 Å². The predicted molar refractivity (Wildman–Crippen MR) is 78.8 cm³/mol. The van der Waals surface area contributed by atoms with Crippen LogP contribution in [-0.2, 0) is 6.42 Å². The number of aromatic nitrogens is 2. The van der Waals surface area contributed by atoms with E-state index in [-0.39, 0.29) is 0 Å². The highest BCUT2D eigenvalue weighted by atomic mass is 79.9. The van der Waals surface area contributed by atoms with Gasteiger partial charge in [0, 0.05) is 13.1 Å². The Hall–Kier alpha value is -0.840. The molecular formula is C13H21BrN4. The van der Waals surface area contributed by atoms with E-state index in [0.29, 0.717) is 5.82 Å². The molecule has 0 amide bonds. The SMILES string of the molecule is CCCc1nc(N2CCCCCC2)nc(N)c1Br. The fourth-order valence-corrected chi connectivity index (χ4v) is 2.69. The Balaban J connectivity index is 2.26. The Morgan fingerprint density at radius 3 is 2.44 bits per heavy atom. The highest BCUT2D eigenvalue weighted by Gasteiger charge is 2.16. The van der Waals surface area contributed by atoms with Gasteiger partial charge in [-0.2, -0.15) is 4.98 Å². The van der Waals surface area contributed by atoms with Gasteiger partial charge in [-0.1, -0.05) is 26.2 Å². The standard InChI is InChI=1S/C13H21BrN4/c1-2-7-10-11(14)12(15)17-13(16-10)18-8-5-3-4-6-9-18/h2-9H2,1H3,(H2,15,16,17). The number of nitrogen functional groups attached to an aromatic ring is 1. The van der Waals surface area contributed by atoms with E-state index in [4.69, 9.17) is 5.73 Å². The first-order valence-corrected chi connectivity index (χ1v) is 7.58. The highest BCUT2D eigenvalue weighted by molar-refractivity contribution is 9.10. The van der Waals surface area contributed by atoms with Crippen molar-refractivity contribution in [3.63, 3.8) is 0 Å². The third-order valence-electron chi connectivity index (χ3n) is 3.31. The van der Waals surface area contributed by atoms with Gasteiger partial charge in [0.2, 0.25) is 5.95 Å². The lowest BCUT2D eigenvalue weighted by molar-refractivity contribution is 0.726. The van der Waals surface area contributed by atoms with Crippen molar-refractivity contribution >= 4 is 27.7 Å². The summed E-state index contributed by atoms with van der Waals surface area (Å²) in [6.07, 6.45) is 7.07. The maximum atomic E-state index is 5.97. The molecule has 2 rings (SSSR count). The Labute approximate surface area is 117 Å². The van der Waals surface area contributed by atoms with Crippen LogP contribution < -0.4 is 10.6 Å². The van der Waals surface area contributed by atoms with Crippen molar-refractivity contribution in [3.8, 4) is 0 Å². The van der Waals surface area contributed by atoms with E-state index in [1.54, 1.807) is 0 Å². The first-order valence-electron chi connectivity index (χ1n) is 6.79. The molecule has 1 aromatic rings. The fraction of sp³-hybridized carbons (Fsp3) is 0.692. The maximum Gasteiger partial charge on any atom is 0.227 e. The van der Waals surface area contributed by atoms with Crippen LogP contribution in [0.4, 0.5) is 11.8 Å². The number of aryl methyl sites for hydroxylation is 1. The van der Waals surface area contributed by atoms with Crippen molar-refractivity contribution in [2.45, 2.75) is 45.4 Å². The molecule has 2 N–H and O–H groups in total. The van der Waals surface area contributed by atoms with E-state index in [0.717, 1.165) is 42.0 Å². The molecular weight excluding hydrogens is 292 g/mol. The molecule has 0 atom stereocenters. The van der Waals surface area contributed by atoms with Crippen molar-refractivity contribution in [3.05, 3.63) is 10.2 Å². The zero-order valence-corrected chi connectivity index (χ0v) is 12.5. The Morgan fingerprint density at radius 2 is 1.83 bits per heavy atom. The summed E-state index contributed by atoms with van der Waals surface area (Å²) < 4.78 is 0.864. The number of hydrogen-bond acceptors (Lipinski definition) is 4. The van der Waals surface area contributed by atoms with Gasteiger partial charge in [-0.15, -0.1) is 0 Å². The van der Waals surface area contributed by atoms with Crippen LogP contribution in [0.1, 0.15) is 44.7 Å². The first-order chi connectivity index (χ1) is 8.72. The number of hydrogen-bond donors (Lipinski definition) is 1. The highest BCUT2D eigenvalue weighted by Crippen LogP contribution is 2.26. The summed E-state index contributed by atoms with van der Waals surface area (Å²) in [6, 6.07) is 0. The molecule has 0 radical (unpaired) electrons. The number of nitrogens with zero attached hydrogens (tertiary/aromatic N) is 3. The molecule has 1 aliphatic rings. The third kappa shape index (κ3) is 3.13. The fourth-order valence-electron chi connectivity index (χ4n) is 2.31. The molecule has 1 aliphatic heterocycles. The topological polar surface area (TPSA) is 55.0 Å². The van der Waals surface area contributed by atoms with Gasteiger partial charge in [0.15, 0.2) is 0 Å². The van der Waals surface area contributed by atoms with Gasteiger partial charge in [0.05, 0.1) is 10.2 Å². The second kappa shape index (κ2) is 6.36. The summed E-state index contributed by atoms with van der Waals surface area (Å²) in [4.78, 5) is 11.4. The molecule has 0 unspecified atom stereocenters. The van der Waals surface area contributed by atoms with E-state index in [1.165, 1.54) is 25.7 Å². The van der Waals surface area contributed by atoms with Crippen LogP contribution in [0.2, 0.25) is 0 Å². The van der Waals surface area contributed by atoms with E-state index in [1.807, 2.05) is 0 Å². The Bertz CT molecular complexity index is 400. The Morgan fingerprint density at radius 1 is 1.17 bits per heavy atom. The molecule has 2 heterocycles. The van der Waals surface area contributed by atoms with Gasteiger partial charge in [-0.3, -0.25) is 0 Å². The molecule has 1 aromatic heterocycles. The van der Waals surface area contributed by atoms with Crippen LogP contribution in [0.5, 0.6) is 0 Å². The maximum absolute atomic E-state index is 5.97. The molecule has 100 valence electrons. The summed E-state index contributed by atoms with van der Waals surface area (Å²) in [5.74, 6) is 1.37. The van der Waals surface area contributed by atoms with E-state index >= 15 is 0 Å². The molecule has 0 spiro atoms. The number of rotatable bonds is 3. The molecule has 0 aromatic carbocycles. The quantitative estimate of drug-likeness (QED) is 0.931. The van der Waals surface area contributed by atoms with Gasteiger partial charge in [0.25, 0.3) is 0 Å². The average molecular weight is 313 g/mol. The lowest BCUT2D eigenvalue weighted by Gasteiger charge is -2.21. The summed E-state index contributed by atoms with van der Waals surface area (Å²) in [5.41, 5.74) is 7.00.